The van der Waals surface area contributed by atoms with Gasteiger partial charge in [0, 0.05) is 5.56 Å². The highest BCUT2D eigenvalue weighted by Gasteiger charge is 2.10. The number of hydrogen-bond donors (Lipinski definition) is 0. The van der Waals surface area contributed by atoms with Gasteiger partial charge in [-0.3, -0.25) is 4.79 Å². The van der Waals surface area contributed by atoms with E-state index in [2.05, 4.69) is 4.74 Å². The molecule has 0 fully saturated rings. The fourth-order valence-electron chi connectivity index (χ4n) is 1.65. The normalized spacial score (nSPS) is 10.7. The van der Waals surface area contributed by atoms with Crippen LogP contribution >= 0.6 is 0 Å². The Kier molecular flexibility index (Phi) is 3.41. The maximum Gasteiger partial charge on any atom is 0.387 e. The van der Waals surface area contributed by atoms with Crippen LogP contribution in [0.1, 0.15) is 16.1 Å². The number of benzene rings is 1. The zero-order chi connectivity index (χ0) is 13.1. The molecule has 0 saturated carbocycles. The van der Waals surface area contributed by atoms with E-state index < -0.39 is 6.61 Å². The van der Waals surface area contributed by atoms with Gasteiger partial charge in [-0.05, 0) is 42.8 Å². The molecule has 0 N–H and O–H groups in total. The van der Waals surface area contributed by atoms with Gasteiger partial charge in [-0.25, -0.2) is 0 Å². The average molecular weight is 252 g/mol. The van der Waals surface area contributed by atoms with Crippen molar-refractivity contribution in [3.63, 3.8) is 0 Å². The van der Waals surface area contributed by atoms with Gasteiger partial charge in [0.1, 0.15) is 11.5 Å². The Labute approximate surface area is 102 Å². The highest BCUT2D eigenvalue weighted by Crippen LogP contribution is 2.28. The summed E-state index contributed by atoms with van der Waals surface area (Å²) in [6.07, 6.45) is 0.604. The van der Waals surface area contributed by atoms with Crippen molar-refractivity contribution in [2.24, 2.45) is 0 Å². The first-order chi connectivity index (χ1) is 8.60. The largest absolute Gasteiger partial charge is 0.453 e. The molecule has 1 aromatic carbocycles. The monoisotopic (exact) mass is 252 g/mol. The zero-order valence-electron chi connectivity index (χ0n) is 9.52. The maximum absolute atomic E-state index is 12.0. The number of aldehydes is 1. The number of rotatable bonds is 4. The molecule has 0 aliphatic heterocycles. The van der Waals surface area contributed by atoms with E-state index in [0.29, 0.717) is 12.0 Å². The fourth-order valence-corrected chi connectivity index (χ4v) is 1.65. The minimum Gasteiger partial charge on any atom is -0.453 e. The molecule has 0 aliphatic carbocycles. The van der Waals surface area contributed by atoms with Gasteiger partial charge in [0.25, 0.3) is 0 Å². The molecule has 0 amide bonds. The van der Waals surface area contributed by atoms with E-state index in [0.717, 1.165) is 11.1 Å². The maximum atomic E-state index is 12.0. The first kappa shape index (κ1) is 12.3. The fraction of sp³-hybridized carbons (Fsp3) is 0.154. The van der Waals surface area contributed by atoms with Crippen molar-refractivity contribution in [1.29, 1.82) is 0 Å². The molecular formula is C13H10F2O3. The molecule has 0 unspecified atom stereocenters. The van der Waals surface area contributed by atoms with Crippen LogP contribution in [0.4, 0.5) is 8.78 Å². The summed E-state index contributed by atoms with van der Waals surface area (Å²) >= 11 is 0. The molecule has 0 radical (unpaired) electrons. The molecule has 1 heterocycles. The standard InChI is InChI=1S/C13H10F2O3/c1-8-6-9(18-13(14)15)2-4-11(8)12-5-3-10(7-16)17-12/h2-7,13H,1H3. The summed E-state index contributed by atoms with van der Waals surface area (Å²) in [6.45, 7) is -1.10. The SMILES string of the molecule is Cc1cc(OC(F)F)ccc1-c1ccc(C=O)o1. The van der Waals surface area contributed by atoms with Crippen molar-refractivity contribution in [2.45, 2.75) is 13.5 Å². The third-order valence-electron chi connectivity index (χ3n) is 2.43. The second-order valence-corrected chi connectivity index (χ2v) is 3.68. The van der Waals surface area contributed by atoms with Gasteiger partial charge in [-0.1, -0.05) is 0 Å². The van der Waals surface area contributed by atoms with Crippen molar-refractivity contribution in [3.05, 3.63) is 41.7 Å². The predicted molar refractivity (Wildman–Crippen MR) is 60.9 cm³/mol. The summed E-state index contributed by atoms with van der Waals surface area (Å²) in [6, 6.07) is 7.73. The Morgan fingerprint density at radius 1 is 1.28 bits per heavy atom. The number of hydrogen-bond acceptors (Lipinski definition) is 3. The molecule has 0 aliphatic rings. The van der Waals surface area contributed by atoms with Gasteiger partial charge >= 0.3 is 6.61 Å². The molecule has 94 valence electrons. The third-order valence-corrected chi connectivity index (χ3v) is 2.43. The number of aryl methyl sites for hydroxylation is 1. The number of carbonyl (C=O) groups excluding carboxylic acids is 1. The van der Waals surface area contributed by atoms with Crippen molar-refractivity contribution in [1.82, 2.24) is 0 Å². The third kappa shape index (κ3) is 2.56. The quantitative estimate of drug-likeness (QED) is 0.779. The summed E-state index contributed by atoms with van der Waals surface area (Å²) in [5, 5.41) is 0. The molecule has 2 aromatic rings. The summed E-state index contributed by atoms with van der Waals surface area (Å²) < 4.78 is 33.6. The Balaban J connectivity index is 2.32. The van der Waals surface area contributed by atoms with E-state index in [1.807, 2.05) is 0 Å². The molecular weight excluding hydrogens is 242 g/mol. The van der Waals surface area contributed by atoms with Crippen LogP contribution in [0.15, 0.2) is 34.7 Å². The number of carbonyl (C=O) groups is 1. The first-order valence-corrected chi connectivity index (χ1v) is 5.21. The van der Waals surface area contributed by atoms with Gasteiger partial charge in [-0.2, -0.15) is 8.78 Å². The van der Waals surface area contributed by atoms with Gasteiger partial charge in [0.2, 0.25) is 0 Å². The minimum absolute atomic E-state index is 0.0911. The predicted octanol–water partition coefficient (Wildman–Crippen LogP) is 3.67. The lowest BCUT2D eigenvalue weighted by molar-refractivity contribution is -0.0498. The van der Waals surface area contributed by atoms with Crippen LogP contribution in [-0.2, 0) is 0 Å². The molecule has 2 rings (SSSR count). The Morgan fingerprint density at radius 2 is 2.06 bits per heavy atom. The van der Waals surface area contributed by atoms with Gasteiger partial charge < -0.3 is 9.15 Å². The average Bonchev–Trinajstić information content (AvgIpc) is 2.76. The summed E-state index contributed by atoms with van der Waals surface area (Å²) in [5.41, 5.74) is 1.45. The molecule has 0 atom stereocenters. The molecule has 0 bridgehead atoms. The smallest absolute Gasteiger partial charge is 0.387 e. The second kappa shape index (κ2) is 5.00. The lowest BCUT2D eigenvalue weighted by Gasteiger charge is -2.07. The highest BCUT2D eigenvalue weighted by atomic mass is 19.3. The van der Waals surface area contributed by atoms with Crippen molar-refractivity contribution >= 4 is 6.29 Å². The van der Waals surface area contributed by atoms with E-state index >= 15 is 0 Å². The van der Waals surface area contributed by atoms with Crippen LogP contribution in [0.5, 0.6) is 5.75 Å². The summed E-state index contributed by atoms with van der Waals surface area (Å²) in [4.78, 5) is 10.5. The van der Waals surface area contributed by atoms with Crippen molar-refractivity contribution < 1.29 is 22.7 Å². The van der Waals surface area contributed by atoms with Crippen LogP contribution in [0, 0.1) is 6.92 Å². The first-order valence-electron chi connectivity index (χ1n) is 5.21. The van der Waals surface area contributed by atoms with E-state index in [9.17, 15) is 13.6 Å². The van der Waals surface area contributed by atoms with Gasteiger partial charge in [0.15, 0.2) is 12.0 Å². The Hall–Kier alpha value is -2.17. The Bertz CT molecular complexity index is 561. The van der Waals surface area contributed by atoms with E-state index in [1.54, 1.807) is 25.1 Å². The van der Waals surface area contributed by atoms with Gasteiger partial charge in [0.05, 0.1) is 0 Å². The minimum atomic E-state index is -2.85. The molecule has 3 nitrogen and oxygen atoms in total. The number of furan rings is 1. The number of halogens is 2. The molecule has 0 saturated heterocycles. The van der Waals surface area contributed by atoms with Crippen LogP contribution in [0.25, 0.3) is 11.3 Å². The van der Waals surface area contributed by atoms with Crippen molar-refractivity contribution in [2.75, 3.05) is 0 Å². The topological polar surface area (TPSA) is 39.4 Å². The van der Waals surface area contributed by atoms with Gasteiger partial charge in [-0.15, -0.1) is 0 Å². The van der Waals surface area contributed by atoms with Crippen molar-refractivity contribution in [3.8, 4) is 17.1 Å². The zero-order valence-corrected chi connectivity index (χ0v) is 9.52. The summed E-state index contributed by atoms with van der Waals surface area (Å²) in [5.74, 6) is 0.823. The lowest BCUT2D eigenvalue weighted by Crippen LogP contribution is -2.02. The Morgan fingerprint density at radius 3 is 2.61 bits per heavy atom. The molecule has 0 spiro atoms. The van der Waals surface area contributed by atoms with E-state index in [1.165, 1.54) is 12.1 Å². The molecule has 1 aromatic heterocycles. The van der Waals surface area contributed by atoms with E-state index in [4.69, 9.17) is 4.42 Å². The number of alkyl halides is 2. The van der Waals surface area contributed by atoms with Crippen LogP contribution < -0.4 is 4.74 Å². The van der Waals surface area contributed by atoms with Crippen LogP contribution in [-0.4, -0.2) is 12.9 Å². The second-order valence-electron chi connectivity index (χ2n) is 3.68. The molecule has 18 heavy (non-hydrogen) atoms. The summed E-state index contributed by atoms with van der Waals surface area (Å²) in [7, 11) is 0. The number of ether oxygens (including phenoxy) is 1. The van der Waals surface area contributed by atoms with Crippen LogP contribution in [0.3, 0.4) is 0 Å². The van der Waals surface area contributed by atoms with Crippen LogP contribution in [0.2, 0.25) is 0 Å². The molecule has 5 heteroatoms. The van der Waals surface area contributed by atoms with E-state index in [-0.39, 0.29) is 11.5 Å². The lowest BCUT2D eigenvalue weighted by atomic mass is 10.1. The highest BCUT2D eigenvalue weighted by molar-refractivity contribution is 5.73.